The van der Waals surface area contributed by atoms with Crippen molar-refractivity contribution in [3.05, 3.63) is 58.5 Å². The number of nitrogens with zero attached hydrogens (tertiary/aromatic N) is 6. The minimum atomic E-state index is 0.0418. The first-order chi connectivity index (χ1) is 13.5. The first-order valence-corrected chi connectivity index (χ1v) is 9.58. The molecule has 0 saturated carbocycles. The molecule has 0 unspecified atom stereocenters. The van der Waals surface area contributed by atoms with E-state index in [1.54, 1.807) is 12.1 Å². The van der Waals surface area contributed by atoms with Crippen molar-refractivity contribution in [3.63, 3.8) is 0 Å². The summed E-state index contributed by atoms with van der Waals surface area (Å²) in [6.07, 6.45) is 6.56. The standard InChI is InChI=1S/C20H23N7O/c1-25-7-14(6-24-25)9-26-8-13-2-16(11-26)18-3-15(4-20(28)27(18)10-13)17-5-19(21)23-12-22-17/h3-7,12-13,16H,2,8-11H2,1H3,(H2,21,22,23)/t13-,16+/m0/s1. The fourth-order valence-corrected chi connectivity index (χ4v) is 4.68. The minimum Gasteiger partial charge on any atom is -0.384 e. The molecule has 0 aliphatic carbocycles. The summed E-state index contributed by atoms with van der Waals surface area (Å²) in [4.78, 5) is 23.5. The minimum absolute atomic E-state index is 0.0418. The van der Waals surface area contributed by atoms with Gasteiger partial charge in [-0.2, -0.15) is 5.10 Å². The van der Waals surface area contributed by atoms with E-state index < -0.39 is 0 Å². The van der Waals surface area contributed by atoms with Crippen molar-refractivity contribution in [1.82, 2.24) is 29.2 Å². The largest absolute Gasteiger partial charge is 0.384 e. The summed E-state index contributed by atoms with van der Waals surface area (Å²) in [5.74, 6) is 1.25. The maximum atomic E-state index is 12.8. The van der Waals surface area contributed by atoms with Crippen molar-refractivity contribution in [1.29, 1.82) is 0 Å². The third-order valence-corrected chi connectivity index (χ3v) is 5.78. The number of aromatic nitrogens is 5. The molecule has 2 bridgehead atoms. The second-order valence-electron chi connectivity index (χ2n) is 7.96. The third kappa shape index (κ3) is 3.09. The summed E-state index contributed by atoms with van der Waals surface area (Å²) in [5, 5.41) is 4.28. The van der Waals surface area contributed by atoms with Gasteiger partial charge in [-0.15, -0.1) is 0 Å². The number of pyridine rings is 1. The molecule has 8 nitrogen and oxygen atoms in total. The molecule has 1 saturated heterocycles. The van der Waals surface area contributed by atoms with E-state index in [1.165, 1.54) is 11.9 Å². The number of likely N-dealkylation sites (tertiary alicyclic amines) is 1. The van der Waals surface area contributed by atoms with Crippen LogP contribution in [0.25, 0.3) is 11.3 Å². The Balaban J connectivity index is 1.47. The van der Waals surface area contributed by atoms with Gasteiger partial charge in [0.15, 0.2) is 0 Å². The molecule has 28 heavy (non-hydrogen) atoms. The number of nitrogen functional groups attached to an aromatic ring is 1. The zero-order chi connectivity index (χ0) is 19.3. The van der Waals surface area contributed by atoms with E-state index in [4.69, 9.17) is 5.73 Å². The average Bonchev–Trinajstić information content (AvgIpc) is 3.07. The summed E-state index contributed by atoms with van der Waals surface area (Å²) >= 11 is 0. The molecule has 0 radical (unpaired) electrons. The molecule has 2 atom stereocenters. The molecule has 144 valence electrons. The van der Waals surface area contributed by atoms with Crippen LogP contribution in [0.15, 0.2) is 41.7 Å². The summed E-state index contributed by atoms with van der Waals surface area (Å²) in [6.45, 7) is 3.63. The van der Waals surface area contributed by atoms with E-state index in [9.17, 15) is 4.79 Å². The average molecular weight is 377 g/mol. The van der Waals surface area contributed by atoms with Gasteiger partial charge in [0.25, 0.3) is 5.56 Å². The molecule has 0 amide bonds. The fourth-order valence-electron chi connectivity index (χ4n) is 4.68. The number of hydrogen-bond acceptors (Lipinski definition) is 6. The number of aryl methyl sites for hydroxylation is 1. The van der Waals surface area contributed by atoms with Crippen LogP contribution in [0.3, 0.4) is 0 Å². The fraction of sp³-hybridized carbons (Fsp3) is 0.400. The highest BCUT2D eigenvalue weighted by atomic mass is 16.1. The first kappa shape index (κ1) is 17.1. The molecule has 5 heterocycles. The SMILES string of the molecule is Cn1cc(CN2C[C@@H]3C[C@H](C2)c2cc(-c4cc(N)ncn4)cc(=O)n2C3)cn1. The number of nitrogens with two attached hydrogens (primary N) is 1. The second-order valence-corrected chi connectivity index (χ2v) is 7.96. The summed E-state index contributed by atoms with van der Waals surface area (Å²) in [5.41, 5.74) is 9.68. The molecule has 5 rings (SSSR count). The first-order valence-electron chi connectivity index (χ1n) is 9.58. The van der Waals surface area contributed by atoms with Crippen LogP contribution in [0, 0.1) is 5.92 Å². The Labute approximate surface area is 162 Å². The quantitative estimate of drug-likeness (QED) is 0.738. The molecule has 0 aromatic carbocycles. The molecular weight excluding hydrogens is 354 g/mol. The van der Waals surface area contributed by atoms with Crippen molar-refractivity contribution in [2.75, 3.05) is 18.8 Å². The van der Waals surface area contributed by atoms with E-state index in [0.717, 1.165) is 43.9 Å². The van der Waals surface area contributed by atoms with Crippen LogP contribution in [-0.4, -0.2) is 42.3 Å². The summed E-state index contributed by atoms with van der Waals surface area (Å²) in [6, 6.07) is 5.49. The number of anilines is 1. The van der Waals surface area contributed by atoms with Gasteiger partial charge >= 0.3 is 0 Å². The summed E-state index contributed by atoms with van der Waals surface area (Å²) < 4.78 is 3.79. The monoisotopic (exact) mass is 377 g/mol. The van der Waals surface area contributed by atoms with Crippen LogP contribution in [0.5, 0.6) is 0 Å². The van der Waals surface area contributed by atoms with Gasteiger partial charge in [-0.05, 0) is 18.4 Å². The van der Waals surface area contributed by atoms with Gasteiger partial charge < -0.3 is 10.3 Å². The van der Waals surface area contributed by atoms with Gasteiger partial charge in [-0.25, -0.2) is 9.97 Å². The van der Waals surface area contributed by atoms with E-state index in [-0.39, 0.29) is 5.56 Å². The molecule has 1 fully saturated rings. The normalized spacial score (nSPS) is 21.5. The van der Waals surface area contributed by atoms with Crippen LogP contribution in [0.1, 0.15) is 23.6 Å². The number of hydrogen-bond donors (Lipinski definition) is 1. The van der Waals surface area contributed by atoms with E-state index >= 15 is 0 Å². The second kappa shape index (κ2) is 6.56. The molecule has 2 aliphatic heterocycles. The zero-order valence-electron chi connectivity index (χ0n) is 15.8. The van der Waals surface area contributed by atoms with Crippen molar-refractivity contribution >= 4 is 5.82 Å². The molecule has 3 aromatic heterocycles. The van der Waals surface area contributed by atoms with Gasteiger partial charge in [0.2, 0.25) is 0 Å². The maximum Gasteiger partial charge on any atom is 0.251 e. The van der Waals surface area contributed by atoms with E-state index in [0.29, 0.717) is 23.3 Å². The lowest BCUT2D eigenvalue weighted by Gasteiger charge is -2.42. The Hall–Kier alpha value is -3.00. The molecule has 2 N–H and O–H groups in total. The van der Waals surface area contributed by atoms with Gasteiger partial charge in [-0.3, -0.25) is 14.4 Å². The molecular formula is C20H23N7O. The Bertz CT molecular complexity index is 1090. The van der Waals surface area contributed by atoms with E-state index in [1.807, 2.05) is 22.5 Å². The lowest BCUT2D eigenvalue weighted by atomic mass is 9.82. The molecule has 2 aliphatic rings. The predicted molar refractivity (Wildman–Crippen MR) is 105 cm³/mol. The maximum absolute atomic E-state index is 12.8. The Morgan fingerprint density at radius 3 is 2.86 bits per heavy atom. The number of piperidine rings is 1. The van der Waals surface area contributed by atoms with Crippen molar-refractivity contribution in [2.24, 2.45) is 13.0 Å². The van der Waals surface area contributed by atoms with E-state index in [2.05, 4.69) is 32.2 Å². The lowest BCUT2D eigenvalue weighted by molar-refractivity contribution is 0.114. The molecule has 0 spiro atoms. The van der Waals surface area contributed by atoms with Gasteiger partial charge in [0.1, 0.15) is 12.1 Å². The number of fused-ring (bicyclic) bond motifs is 4. The Morgan fingerprint density at radius 1 is 1.18 bits per heavy atom. The Morgan fingerprint density at radius 2 is 2.07 bits per heavy atom. The van der Waals surface area contributed by atoms with Crippen LogP contribution < -0.4 is 11.3 Å². The van der Waals surface area contributed by atoms with Crippen molar-refractivity contribution in [2.45, 2.75) is 25.4 Å². The predicted octanol–water partition coefficient (Wildman–Crippen LogP) is 1.24. The summed E-state index contributed by atoms with van der Waals surface area (Å²) in [7, 11) is 1.94. The third-order valence-electron chi connectivity index (χ3n) is 5.78. The van der Waals surface area contributed by atoms with Gasteiger partial charge in [0.05, 0.1) is 11.9 Å². The van der Waals surface area contributed by atoms with Crippen LogP contribution in [0.2, 0.25) is 0 Å². The highest BCUT2D eigenvalue weighted by Gasteiger charge is 2.35. The van der Waals surface area contributed by atoms with Crippen LogP contribution in [-0.2, 0) is 20.1 Å². The topological polar surface area (TPSA) is 94.9 Å². The highest BCUT2D eigenvalue weighted by Crippen LogP contribution is 2.36. The van der Waals surface area contributed by atoms with Crippen molar-refractivity contribution in [3.8, 4) is 11.3 Å². The Kier molecular flexibility index (Phi) is 4.01. The smallest absolute Gasteiger partial charge is 0.251 e. The molecule has 8 heteroatoms. The molecule has 3 aromatic rings. The van der Waals surface area contributed by atoms with Crippen LogP contribution >= 0.6 is 0 Å². The van der Waals surface area contributed by atoms with Gasteiger partial charge in [0, 0.05) is 74.3 Å². The highest BCUT2D eigenvalue weighted by molar-refractivity contribution is 5.61. The lowest BCUT2D eigenvalue weighted by Crippen LogP contribution is -2.46. The van der Waals surface area contributed by atoms with Crippen molar-refractivity contribution < 1.29 is 0 Å². The zero-order valence-corrected chi connectivity index (χ0v) is 15.8. The van der Waals surface area contributed by atoms with Gasteiger partial charge in [-0.1, -0.05) is 0 Å². The van der Waals surface area contributed by atoms with Crippen LogP contribution in [0.4, 0.5) is 5.82 Å². The number of rotatable bonds is 3.